The van der Waals surface area contributed by atoms with Crippen LogP contribution in [0, 0.1) is 5.82 Å². The first-order valence-electron chi connectivity index (χ1n) is 11.1. The van der Waals surface area contributed by atoms with Crippen molar-refractivity contribution in [2.24, 2.45) is 0 Å². The second-order valence-electron chi connectivity index (χ2n) is 7.87. The molecule has 7 heteroatoms. The molecule has 1 fully saturated rings. The molecule has 2 aromatic carbocycles. The van der Waals surface area contributed by atoms with Crippen LogP contribution in [-0.4, -0.2) is 38.1 Å². The number of carbonyl (C=O) groups excluding carboxylic acids is 2. The predicted molar refractivity (Wildman–Crippen MR) is 124 cm³/mol. The monoisotopic (exact) mass is 443 g/mol. The van der Waals surface area contributed by atoms with E-state index in [1.807, 2.05) is 24.3 Å². The number of ether oxygens (including phenoxy) is 1. The maximum absolute atomic E-state index is 13.3. The Balaban J connectivity index is 0.000000229. The minimum Gasteiger partial charge on any atom is -0.494 e. The van der Waals surface area contributed by atoms with E-state index in [0.29, 0.717) is 30.4 Å². The molecule has 3 rings (SSSR count). The van der Waals surface area contributed by atoms with E-state index in [1.54, 1.807) is 18.2 Å². The molecular weight excluding hydrogens is 409 g/mol. The van der Waals surface area contributed by atoms with Gasteiger partial charge in [-0.25, -0.2) is 4.39 Å². The summed E-state index contributed by atoms with van der Waals surface area (Å²) in [5.41, 5.74) is 1.70. The van der Waals surface area contributed by atoms with E-state index in [4.69, 9.17) is 4.74 Å². The molecule has 1 atom stereocenters. The number of methoxy groups -OCH3 is 1. The minimum atomic E-state index is -0.302. The van der Waals surface area contributed by atoms with Crippen molar-refractivity contribution in [2.45, 2.75) is 51.6 Å². The van der Waals surface area contributed by atoms with Gasteiger partial charge in [0.25, 0.3) is 5.91 Å². The van der Waals surface area contributed by atoms with Crippen LogP contribution in [0.2, 0.25) is 0 Å². The Labute approximate surface area is 189 Å². The van der Waals surface area contributed by atoms with Crippen molar-refractivity contribution in [3.63, 3.8) is 0 Å². The van der Waals surface area contributed by atoms with Gasteiger partial charge in [0.2, 0.25) is 5.91 Å². The summed E-state index contributed by atoms with van der Waals surface area (Å²) in [6.07, 6.45) is 5.14. The zero-order valence-electron chi connectivity index (χ0n) is 19.1. The van der Waals surface area contributed by atoms with Gasteiger partial charge in [0.05, 0.1) is 7.11 Å². The summed E-state index contributed by atoms with van der Waals surface area (Å²) in [6, 6.07) is 14.9. The molecule has 0 aliphatic heterocycles. The third kappa shape index (κ3) is 8.67. The summed E-state index contributed by atoms with van der Waals surface area (Å²) in [5, 5.41) is 8.89. The fourth-order valence-electron chi connectivity index (χ4n) is 3.59. The first-order chi connectivity index (χ1) is 15.4. The molecule has 1 saturated carbocycles. The Hall–Kier alpha value is -2.93. The summed E-state index contributed by atoms with van der Waals surface area (Å²) in [6.45, 7) is 4.45. The molecule has 0 saturated heterocycles. The molecule has 2 amide bonds. The molecule has 0 radical (unpaired) electrons. The first kappa shape index (κ1) is 25.3. The third-order valence-electron chi connectivity index (χ3n) is 5.34. The molecule has 32 heavy (non-hydrogen) atoms. The predicted octanol–water partition coefficient (Wildman–Crippen LogP) is 3.98. The number of hydrogen-bond donors (Lipinski definition) is 3. The van der Waals surface area contributed by atoms with Gasteiger partial charge in [-0.05, 0) is 49.6 Å². The van der Waals surface area contributed by atoms with E-state index < -0.39 is 0 Å². The van der Waals surface area contributed by atoms with Gasteiger partial charge in [-0.1, -0.05) is 37.1 Å². The summed E-state index contributed by atoms with van der Waals surface area (Å²) in [4.78, 5) is 22.0. The molecule has 0 bridgehead atoms. The standard InChI is InChI=1S/C14H20FNO.C11H14N2O2/c1-10(16-12-5-3-4-6-12)11-7-8-13(15)14(9-11)17-2;1-9(14)12-7-8-13-11(15)10-5-3-2-4-6-10/h7-10,12,16H,3-6H2,1-2H3;2-6H,7-8H2,1H3,(H,12,14)(H,13,15). The van der Waals surface area contributed by atoms with Gasteiger partial charge < -0.3 is 20.7 Å². The van der Waals surface area contributed by atoms with E-state index in [0.717, 1.165) is 5.56 Å². The van der Waals surface area contributed by atoms with Gasteiger partial charge in [-0.2, -0.15) is 0 Å². The van der Waals surface area contributed by atoms with Gasteiger partial charge in [-0.3, -0.25) is 9.59 Å². The normalized spacial score (nSPS) is 14.1. The molecular formula is C25H34FN3O3. The Kier molecular flexibility index (Phi) is 10.7. The van der Waals surface area contributed by atoms with Gasteiger partial charge in [0.15, 0.2) is 11.6 Å². The van der Waals surface area contributed by atoms with Crippen LogP contribution in [0.25, 0.3) is 0 Å². The van der Waals surface area contributed by atoms with Crippen molar-refractivity contribution >= 4 is 11.8 Å². The van der Waals surface area contributed by atoms with E-state index >= 15 is 0 Å². The number of benzene rings is 2. The lowest BCUT2D eigenvalue weighted by Crippen LogP contribution is -2.33. The SMILES string of the molecule is CC(=O)NCCNC(=O)c1ccccc1.COc1cc(C(C)NC2CCCC2)ccc1F. The van der Waals surface area contributed by atoms with E-state index in [1.165, 1.54) is 45.8 Å². The van der Waals surface area contributed by atoms with Crippen LogP contribution >= 0.6 is 0 Å². The smallest absolute Gasteiger partial charge is 0.251 e. The first-order valence-corrected chi connectivity index (χ1v) is 11.1. The highest BCUT2D eigenvalue weighted by Crippen LogP contribution is 2.25. The lowest BCUT2D eigenvalue weighted by molar-refractivity contribution is -0.118. The Morgan fingerprint density at radius 1 is 1.06 bits per heavy atom. The van der Waals surface area contributed by atoms with Crippen LogP contribution in [0.4, 0.5) is 4.39 Å². The van der Waals surface area contributed by atoms with Crippen molar-refractivity contribution in [3.05, 3.63) is 65.5 Å². The average Bonchev–Trinajstić information content (AvgIpc) is 3.31. The van der Waals surface area contributed by atoms with E-state index in [-0.39, 0.29) is 23.7 Å². The molecule has 2 aromatic rings. The van der Waals surface area contributed by atoms with Crippen molar-refractivity contribution in [1.29, 1.82) is 0 Å². The van der Waals surface area contributed by atoms with E-state index in [9.17, 15) is 14.0 Å². The number of carbonyl (C=O) groups is 2. The Morgan fingerprint density at radius 2 is 1.72 bits per heavy atom. The number of halogens is 1. The molecule has 1 unspecified atom stereocenters. The fraction of sp³-hybridized carbons (Fsp3) is 0.440. The lowest BCUT2D eigenvalue weighted by Gasteiger charge is -2.20. The van der Waals surface area contributed by atoms with E-state index in [2.05, 4.69) is 22.9 Å². The molecule has 174 valence electrons. The van der Waals surface area contributed by atoms with Crippen LogP contribution in [-0.2, 0) is 4.79 Å². The molecule has 3 N–H and O–H groups in total. The maximum Gasteiger partial charge on any atom is 0.251 e. The van der Waals surface area contributed by atoms with Crippen LogP contribution in [0.15, 0.2) is 48.5 Å². The van der Waals surface area contributed by atoms with Crippen LogP contribution in [0.5, 0.6) is 5.75 Å². The quantitative estimate of drug-likeness (QED) is 0.539. The second kappa shape index (κ2) is 13.5. The minimum absolute atomic E-state index is 0.0936. The Bertz CT molecular complexity index is 855. The zero-order valence-corrected chi connectivity index (χ0v) is 19.1. The van der Waals surface area contributed by atoms with Crippen LogP contribution in [0.3, 0.4) is 0 Å². The number of rotatable bonds is 8. The fourth-order valence-corrected chi connectivity index (χ4v) is 3.59. The molecule has 0 heterocycles. The molecule has 0 aromatic heterocycles. The highest BCUT2D eigenvalue weighted by atomic mass is 19.1. The average molecular weight is 444 g/mol. The summed E-state index contributed by atoms with van der Waals surface area (Å²) in [5.74, 6) is -0.197. The number of amides is 2. The van der Waals surface area contributed by atoms with Gasteiger partial charge in [0.1, 0.15) is 0 Å². The van der Waals surface area contributed by atoms with Crippen molar-refractivity contribution < 1.29 is 18.7 Å². The molecule has 1 aliphatic carbocycles. The third-order valence-corrected chi connectivity index (χ3v) is 5.34. The molecule has 1 aliphatic rings. The zero-order chi connectivity index (χ0) is 23.3. The second-order valence-corrected chi connectivity index (χ2v) is 7.87. The Morgan fingerprint density at radius 3 is 2.34 bits per heavy atom. The van der Waals surface area contributed by atoms with Gasteiger partial charge in [0, 0.05) is 37.7 Å². The topological polar surface area (TPSA) is 79.5 Å². The van der Waals surface area contributed by atoms with Gasteiger partial charge in [-0.15, -0.1) is 0 Å². The summed E-state index contributed by atoms with van der Waals surface area (Å²) in [7, 11) is 1.50. The highest BCUT2D eigenvalue weighted by Gasteiger charge is 2.18. The number of hydrogen-bond acceptors (Lipinski definition) is 4. The molecule has 6 nitrogen and oxygen atoms in total. The van der Waals surface area contributed by atoms with Crippen LogP contribution < -0.4 is 20.7 Å². The highest BCUT2D eigenvalue weighted by molar-refractivity contribution is 5.94. The summed E-state index contributed by atoms with van der Waals surface area (Å²) >= 11 is 0. The van der Waals surface area contributed by atoms with Crippen LogP contribution in [0.1, 0.15) is 61.5 Å². The van der Waals surface area contributed by atoms with Crippen molar-refractivity contribution in [1.82, 2.24) is 16.0 Å². The van der Waals surface area contributed by atoms with Gasteiger partial charge >= 0.3 is 0 Å². The maximum atomic E-state index is 13.3. The molecule has 0 spiro atoms. The largest absolute Gasteiger partial charge is 0.494 e. The van der Waals surface area contributed by atoms with Crippen molar-refractivity contribution in [3.8, 4) is 5.75 Å². The van der Waals surface area contributed by atoms with Crippen molar-refractivity contribution in [2.75, 3.05) is 20.2 Å². The number of nitrogens with one attached hydrogen (secondary N) is 3. The summed E-state index contributed by atoms with van der Waals surface area (Å²) < 4.78 is 18.3. The lowest BCUT2D eigenvalue weighted by atomic mass is 10.1.